The summed E-state index contributed by atoms with van der Waals surface area (Å²) in [7, 11) is -1.18. The fraction of sp³-hybridized carbons (Fsp3) is 0.357. The summed E-state index contributed by atoms with van der Waals surface area (Å²) < 4.78 is 29.9. The Morgan fingerprint density at radius 1 is 1.35 bits per heavy atom. The van der Waals surface area contributed by atoms with Crippen molar-refractivity contribution in [2.24, 2.45) is 7.05 Å². The van der Waals surface area contributed by atoms with Gasteiger partial charge in [0.1, 0.15) is 6.10 Å². The first-order valence-electron chi connectivity index (χ1n) is 6.42. The number of fused-ring (bicyclic) bond motifs is 1. The van der Waals surface area contributed by atoms with Crippen molar-refractivity contribution < 1.29 is 17.9 Å². The summed E-state index contributed by atoms with van der Waals surface area (Å²) in [6, 6.07) is 7.55. The van der Waals surface area contributed by atoms with Gasteiger partial charge in [0.2, 0.25) is 0 Å². The van der Waals surface area contributed by atoms with Gasteiger partial charge in [-0.2, -0.15) is 0 Å². The van der Waals surface area contributed by atoms with E-state index in [0.29, 0.717) is 12.0 Å². The molecule has 20 heavy (non-hydrogen) atoms. The summed E-state index contributed by atoms with van der Waals surface area (Å²) >= 11 is 0. The highest BCUT2D eigenvalue weighted by molar-refractivity contribution is 7.91. The second kappa shape index (κ2) is 4.63. The van der Waals surface area contributed by atoms with Crippen molar-refractivity contribution in [3.8, 4) is 0 Å². The SMILES string of the molecule is Cn1cc(C(=O)O[C@H]2CCS(=O)(=O)C2)c2ccccc21. The normalized spacial score (nSPS) is 21.1. The fourth-order valence-corrected chi connectivity index (χ4v) is 4.16. The van der Waals surface area contributed by atoms with Crippen LogP contribution in [0.3, 0.4) is 0 Å². The number of aromatic nitrogens is 1. The Labute approximate surface area is 117 Å². The number of carbonyl (C=O) groups excluding carboxylic acids is 1. The van der Waals surface area contributed by atoms with Crippen molar-refractivity contribution >= 4 is 26.7 Å². The number of esters is 1. The van der Waals surface area contributed by atoms with Crippen molar-refractivity contribution in [1.29, 1.82) is 0 Å². The van der Waals surface area contributed by atoms with Crippen LogP contribution >= 0.6 is 0 Å². The van der Waals surface area contributed by atoms with Crippen molar-refractivity contribution in [3.63, 3.8) is 0 Å². The second-order valence-corrected chi connectivity index (χ2v) is 7.33. The molecule has 3 rings (SSSR count). The summed E-state index contributed by atoms with van der Waals surface area (Å²) in [5, 5.41) is 0.820. The largest absolute Gasteiger partial charge is 0.458 e. The maximum atomic E-state index is 12.2. The summed E-state index contributed by atoms with van der Waals surface area (Å²) in [4.78, 5) is 12.2. The number of ether oxygens (including phenoxy) is 1. The lowest BCUT2D eigenvalue weighted by molar-refractivity contribution is 0.0358. The Bertz CT molecular complexity index is 776. The summed E-state index contributed by atoms with van der Waals surface area (Å²) in [5.41, 5.74) is 1.42. The molecule has 6 heteroatoms. The van der Waals surface area contributed by atoms with Crippen LogP contribution in [-0.4, -0.2) is 36.6 Å². The molecule has 0 bridgehead atoms. The number of nitrogens with zero attached hydrogens (tertiary/aromatic N) is 1. The summed E-state index contributed by atoms with van der Waals surface area (Å²) in [6.45, 7) is 0. The molecule has 0 amide bonds. The predicted octanol–water partition coefficient (Wildman–Crippen LogP) is 1.52. The number of benzene rings is 1. The number of carbonyl (C=O) groups is 1. The molecule has 0 spiro atoms. The van der Waals surface area contributed by atoms with Gasteiger partial charge in [-0.15, -0.1) is 0 Å². The van der Waals surface area contributed by atoms with Crippen molar-refractivity contribution in [1.82, 2.24) is 4.57 Å². The second-order valence-electron chi connectivity index (χ2n) is 5.10. The smallest absolute Gasteiger partial charge is 0.340 e. The van der Waals surface area contributed by atoms with E-state index >= 15 is 0 Å². The number of sulfone groups is 1. The van der Waals surface area contributed by atoms with Crippen LogP contribution in [0.2, 0.25) is 0 Å². The third-order valence-electron chi connectivity index (χ3n) is 3.58. The van der Waals surface area contributed by atoms with Crippen LogP contribution < -0.4 is 0 Å². The van der Waals surface area contributed by atoms with Crippen LogP contribution in [0.25, 0.3) is 10.9 Å². The van der Waals surface area contributed by atoms with Gasteiger partial charge in [0, 0.05) is 24.1 Å². The Morgan fingerprint density at radius 3 is 2.80 bits per heavy atom. The predicted molar refractivity (Wildman–Crippen MR) is 75.4 cm³/mol. The Kier molecular flexibility index (Phi) is 3.05. The van der Waals surface area contributed by atoms with E-state index in [-0.39, 0.29) is 11.5 Å². The van der Waals surface area contributed by atoms with E-state index in [0.717, 1.165) is 10.9 Å². The highest BCUT2D eigenvalue weighted by Crippen LogP contribution is 2.23. The van der Waals surface area contributed by atoms with Gasteiger partial charge in [0.25, 0.3) is 0 Å². The van der Waals surface area contributed by atoms with Crippen molar-refractivity contribution in [2.45, 2.75) is 12.5 Å². The number of rotatable bonds is 2. The molecule has 2 aromatic rings. The molecule has 5 nitrogen and oxygen atoms in total. The number of para-hydroxylation sites is 1. The van der Waals surface area contributed by atoms with Crippen LogP contribution in [-0.2, 0) is 21.6 Å². The maximum Gasteiger partial charge on any atom is 0.340 e. The van der Waals surface area contributed by atoms with Crippen LogP contribution in [0.15, 0.2) is 30.5 Å². The molecular weight excluding hydrogens is 278 g/mol. The van der Waals surface area contributed by atoms with Crippen LogP contribution in [0.5, 0.6) is 0 Å². The van der Waals surface area contributed by atoms with E-state index in [1.807, 2.05) is 35.9 Å². The average molecular weight is 293 g/mol. The van der Waals surface area contributed by atoms with Gasteiger partial charge in [0.15, 0.2) is 9.84 Å². The highest BCUT2D eigenvalue weighted by Gasteiger charge is 2.31. The first-order valence-corrected chi connectivity index (χ1v) is 8.24. The zero-order valence-corrected chi connectivity index (χ0v) is 11.9. The lowest BCUT2D eigenvalue weighted by Crippen LogP contribution is -2.19. The molecule has 2 heterocycles. The first-order chi connectivity index (χ1) is 9.46. The number of hydrogen-bond donors (Lipinski definition) is 0. The zero-order valence-electron chi connectivity index (χ0n) is 11.1. The van der Waals surface area contributed by atoms with Gasteiger partial charge >= 0.3 is 5.97 Å². The first kappa shape index (κ1) is 13.2. The molecular formula is C14H15NO4S. The van der Waals surface area contributed by atoms with E-state index in [4.69, 9.17) is 4.74 Å². The van der Waals surface area contributed by atoms with Crippen LogP contribution in [0.1, 0.15) is 16.8 Å². The third-order valence-corrected chi connectivity index (χ3v) is 5.32. The van der Waals surface area contributed by atoms with Gasteiger partial charge in [0.05, 0.1) is 17.1 Å². The lowest BCUT2D eigenvalue weighted by atomic mass is 10.2. The minimum absolute atomic E-state index is 0.0660. The fourth-order valence-electron chi connectivity index (χ4n) is 2.57. The van der Waals surface area contributed by atoms with E-state index in [1.165, 1.54) is 0 Å². The zero-order chi connectivity index (χ0) is 14.3. The molecule has 1 aliphatic heterocycles. The Hall–Kier alpha value is -1.82. The van der Waals surface area contributed by atoms with Gasteiger partial charge in [-0.1, -0.05) is 18.2 Å². The minimum Gasteiger partial charge on any atom is -0.458 e. The van der Waals surface area contributed by atoms with E-state index < -0.39 is 21.9 Å². The summed E-state index contributed by atoms with van der Waals surface area (Å²) in [5.74, 6) is -0.423. The topological polar surface area (TPSA) is 65.4 Å². The highest BCUT2D eigenvalue weighted by atomic mass is 32.2. The van der Waals surface area contributed by atoms with Crippen molar-refractivity contribution in [3.05, 3.63) is 36.0 Å². The summed E-state index contributed by atoms with van der Waals surface area (Å²) in [6.07, 6.45) is 1.58. The molecule has 0 radical (unpaired) electrons. The molecule has 0 saturated carbocycles. The molecule has 1 aliphatic rings. The average Bonchev–Trinajstić information content (AvgIpc) is 2.91. The number of aryl methyl sites for hydroxylation is 1. The van der Waals surface area contributed by atoms with Gasteiger partial charge in [-0.05, 0) is 12.5 Å². The molecule has 1 atom stereocenters. The monoisotopic (exact) mass is 293 g/mol. The molecule has 1 aromatic heterocycles. The number of hydrogen-bond acceptors (Lipinski definition) is 4. The van der Waals surface area contributed by atoms with Crippen LogP contribution in [0, 0.1) is 0 Å². The van der Waals surface area contributed by atoms with E-state index in [9.17, 15) is 13.2 Å². The quantitative estimate of drug-likeness (QED) is 0.788. The van der Waals surface area contributed by atoms with E-state index in [1.54, 1.807) is 6.20 Å². The lowest BCUT2D eigenvalue weighted by Gasteiger charge is -2.09. The van der Waals surface area contributed by atoms with E-state index in [2.05, 4.69) is 0 Å². The van der Waals surface area contributed by atoms with Crippen LogP contribution in [0.4, 0.5) is 0 Å². The molecule has 0 aliphatic carbocycles. The Balaban J connectivity index is 1.87. The minimum atomic E-state index is -3.04. The Morgan fingerprint density at radius 2 is 2.10 bits per heavy atom. The molecule has 1 saturated heterocycles. The standard InChI is InChI=1S/C14H15NO4S/c1-15-8-12(11-4-2-3-5-13(11)15)14(16)19-10-6-7-20(17,18)9-10/h2-5,8,10H,6-7,9H2,1H3/t10-/m0/s1. The molecule has 0 N–H and O–H groups in total. The van der Waals surface area contributed by atoms with Gasteiger partial charge < -0.3 is 9.30 Å². The molecule has 106 valence electrons. The third kappa shape index (κ3) is 2.31. The molecule has 1 fully saturated rings. The molecule has 1 aromatic carbocycles. The molecule has 0 unspecified atom stereocenters. The van der Waals surface area contributed by atoms with Gasteiger partial charge in [-0.3, -0.25) is 0 Å². The maximum absolute atomic E-state index is 12.2. The van der Waals surface area contributed by atoms with Gasteiger partial charge in [-0.25, -0.2) is 13.2 Å². The van der Waals surface area contributed by atoms with Crippen molar-refractivity contribution in [2.75, 3.05) is 11.5 Å².